The molecule has 1 heterocycles. The van der Waals surface area contributed by atoms with Crippen molar-refractivity contribution in [2.45, 2.75) is 50.7 Å². The lowest BCUT2D eigenvalue weighted by Crippen LogP contribution is -2.45. The Morgan fingerprint density at radius 1 is 1.28 bits per heavy atom. The first-order chi connectivity index (χ1) is 8.74. The molecule has 3 rings (SSSR count). The van der Waals surface area contributed by atoms with Crippen molar-refractivity contribution in [1.82, 2.24) is 10.6 Å². The molecule has 3 fully saturated rings. The van der Waals surface area contributed by atoms with Crippen LogP contribution in [0, 0.1) is 17.8 Å². The number of aliphatic hydroxyl groups is 1. The summed E-state index contributed by atoms with van der Waals surface area (Å²) in [5.41, 5.74) is 0. The molecule has 5 atom stereocenters. The third-order valence-corrected chi connectivity index (χ3v) is 5.11. The molecule has 3 N–H and O–H groups in total. The van der Waals surface area contributed by atoms with Crippen LogP contribution in [0.5, 0.6) is 0 Å². The predicted octanol–water partition coefficient (Wildman–Crippen LogP) is 0.652. The van der Waals surface area contributed by atoms with Crippen LogP contribution in [0.1, 0.15) is 38.5 Å². The number of rotatable bonds is 3. The Morgan fingerprint density at radius 2 is 2.17 bits per heavy atom. The molecule has 0 aromatic heterocycles. The quantitative estimate of drug-likeness (QED) is 0.691. The van der Waals surface area contributed by atoms with E-state index < -0.39 is 0 Å². The molecule has 5 unspecified atom stereocenters. The van der Waals surface area contributed by atoms with Crippen LogP contribution in [0.15, 0.2) is 0 Å². The normalized spacial score (nSPS) is 43.1. The summed E-state index contributed by atoms with van der Waals surface area (Å²) in [6, 6.07) is 0.0452. The minimum Gasteiger partial charge on any atom is -0.393 e. The fourth-order valence-electron chi connectivity index (χ4n) is 4.06. The number of carbonyl (C=O) groups is 1. The molecule has 0 spiro atoms. The van der Waals surface area contributed by atoms with Gasteiger partial charge in [-0.2, -0.15) is 0 Å². The lowest BCUT2D eigenvalue weighted by atomic mass is 9.93. The molecule has 2 saturated carbocycles. The van der Waals surface area contributed by atoms with Crippen LogP contribution >= 0.6 is 0 Å². The highest BCUT2D eigenvalue weighted by atomic mass is 16.3. The van der Waals surface area contributed by atoms with Gasteiger partial charge in [0.1, 0.15) is 0 Å². The van der Waals surface area contributed by atoms with Crippen molar-refractivity contribution in [3.8, 4) is 0 Å². The molecule has 0 bridgehead atoms. The third-order valence-electron chi connectivity index (χ3n) is 5.11. The molecule has 2 aliphatic carbocycles. The van der Waals surface area contributed by atoms with Gasteiger partial charge in [-0.1, -0.05) is 6.42 Å². The summed E-state index contributed by atoms with van der Waals surface area (Å²) in [6.45, 7) is 1.76. The minimum atomic E-state index is -0.143. The molecule has 4 heteroatoms. The van der Waals surface area contributed by atoms with Crippen molar-refractivity contribution in [1.29, 1.82) is 0 Å². The van der Waals surface area contributed by atoms with E-state index in [9.17, 15) is 9.90 Å². The first-order valence-corrected chi connectivity index (χ1v) is 7.43. The van der Waals surface area contributed by atoms with E-state index in [0.717, 1.165) is 38.3 Å². The Kier molecular flexibility index (Phi) is 3.57. The fourth-order valence-corrected chi connectivity index (χ4v) is 4.06. The SMILES string of the molecule is O=C(NCC1CCC(O)C1)C1NCC2CCCC21. The molecule has 18 heavy (non-hydrogen) atoms. The largest absolute Gasteiger partial charge is 0.393 e. The zero-order chi connectivity index (χ0) is 12.5. The molecule has 3 aliphatic rings. The molecule has 4 nitrogen and oxygen atoms in total. The highest BCUT2D eigenvalue weighted by Gasteiger charge is 2.42. The summed E-state index contributed by atoms with van der Waals surface area (Å²) >= 11 is 0. The van der Waals surface area contributed by atoms with Crippen LogP contribution in [-0.2, 0) is 4.79 Å². The Bertz CT molecular complexity index is 321. The number of hydrogen-bond acceptors (Lipinski definition) is 3. The Hall–Kier alpha value is -0.610. The smallest absolute Gasteiger partial charge is 0.237 e. The van der Waals surface area contributed by atoms with Gasteiger partial charge in [-0.15, -0.1) is 0 Å². The molecular formula is C14H24N2O2. The van der Waals surface area contributed by atoms with Crippen LogP contribution in [0.3, 0.4) is 0 Å². The van der Waals surface area contributed by atoms with Gasteiger partial charge in [-0.3, -0.25) is 4.79 Å². The monoisotopic (exact) mass is 252 g/mol. The molecule has 1 aliphatic heterocycles. The minimum absolute atomic E-state index is 0.0452. The second-order valence-corrected chi connectivity index (χ2v) is 6.32. The maximum absolute atomic E-state index is 12.2. The first-order valence-electron chi connectivity index (χ1n) is 7.43. The van der Waals surface area contributed by atoms with Crippen LogP contribution in [0.25, 0.3) is 0 Å². The van der Waals surface area contributed by atoms with Crippen molar-refractivity contribution in [2.75, 3.05) is 13.1 Å². The lowest BCUT2D eigenvalue weighted by molar-refractivity contribution is -0.124. The van der Waals surface area contributed by atoms with Gasteiger partial charge in [0, 0.05) is 6.54 Å². The van der Waals surface area contributed by atoms with E-state index in [4.69, 9.17) is 0 Å². The average Bonchev–Trinajstić information content (AvgIpc) is 3.01. The number of nitrogens with one attached hydrogen (secondary N) is 2. The van der Waals surface area contributed by atoms with Crippen LogP contribution in [0.4, 0.5) is 0 Å². The molecule has 102 valence electrons. The highest BCUT2D eigenvalue weighted by molar-refractivity contribution is 5.82. The number of aliphatic hydroxyl groups excluding tert-OH is 1. The van der Waals surface area contributed by atoms with Gasteiger partial charge < -0.3 is 15.7 Å². The van der Waals surface area contributed by atoms with E-state index >= 15 is 0 Å². The topological polar surface area (TPSA) is 61.4 Å². The number of amides is 1. The van der Waals surface area contributed by atoms with Gasteiger partial charge in [0.15, 0.2) is 0 Å². The Balaban J connectivity index is 1.47. The standard InChI is InChI=1S/C14H24N2O2/c17-11-5-4-9(6-11)7-16-14(18)13-12-3-1-2-10(12)8-15-13/h9-13,15,17H,1-8H2,(H,16,18). The molecule has 0 radical (unpaired) electrons. The van der Waals surface area contributed by atoms with Crippen molar-refractivity contribution in [3.63, 3.8) is 0 Å². The van der Waals surface area contributed by atoms with Crippen LogP contribution in [0.2, 0.25) is 0 Å². The zero-order valence-corrected chi connectivity index (χ0v) is 10.9. The molecule has 1 saturated heterocycles. The second kappa shape index (κ2) is 5.17. The first kappa shape index (κ1) is 12.4. The third kappa shape index (κ3) is 2.41. The van der Waals surface area contributed by atoms with E-state index in [2.05, 4.69) is 10.6 Å². The van der Waals surface area contributed by atoms with Crippen molar-refractivity contribution < 1.29 is 9.90 Å². The van der Waals surface area contributed by atoms with Crippen LogP contribution in [-0.4, -0.2) is 36.2 Å². The molecule has 1 amide bonds. The summed E-state index contributed by atoms with van der Waals surface area (Å²) in [4.78, 5) is 12.2. The molecular weight excluding hydrogens is 228 g/mol. The summed E-state index contributed by atoms with van der Waals surface area (Å²) in [7, 11) is 0. The summed E-state index contributed by atoms with van der Waals surface area (Å²) < 4.78 is 0. The predicted molar refractivity (Wildman–Crippen MR) is 69.0 cm³/mol. The summed E-state index contributed by atoms with van der Waals surface area (Å²) in [5, 5.41) is 15.9. The second-order valence-electron chi connectivity index (χ2n) is 6.32. The summed E-state index contributed by atoms with van der Waals surface area (Å²) in [6.07, 6.45) is 6.43. The van der Waals surface area contributed by atoms with E-state index in [1.165, 1.54) is 19.3 Å². The Labute approximate surface area is 109 Å². The number of hydrogen-bond donors (Lipinski definition) is 3. The van der Waals surface area contributed by atoms with E-state index in [0.29, 0.717) is 11.8 Å². The maximum Gasteiger partial charge on any atom is 0.237 e. The average molecular weight is 252 g/mol. The van der Waals surface area contributed by atoms with E-state index in [1.54, 1.807) is 0 Å². The number of fused-ring (bicyclic) bond motifs is 1. The van der Waals surface area contributed by atoms with Crippen molar-refractivity contribution >= 4 is 5.91 Å². The van der Waals surface area contributed by atoms with Gasteiger partial charge in [0.25, 0.3) is 0 Å². The van der Waals surface area contributed by atoms with Gasteiger partial charge in [-0.25, -0.2) is 0 Å². The fraction of sp³-hybridized carbons (Fsp3) is 0.929. The van der Waals surface area contributed by atoms with Gasteiger partial charge >= 0.3 is 0 Å². The van der Waals surface area contributed by atoms with Gasteiger partial charge in [-0.05, 0) is 56.4 Å². The maximum atomic E-state index is 12.2. The number of carbonyl (C=O) groups excluding carboxylic acids is 1. The lowest BCUT2D eigenvalue weighted by Gasteiger charge is -2.19. The van der Waals surface area contributed by atoms with Gasteiger partial charge in [0.05, 0.1) is 12.1 Å². The van der Waals surface area contributed by atoms with Gasteiger partial charge in [0.2, 0.25) is 5.91 Å². The van der Waals surface area contributed by atoms with Crippen molar-refractivity contribution in [2.24, 2.45) is 17.8 Å². The molecule has 0 aromatic rings. The molecule has 0 aromatic carbocycles. The highest BCUT2D eigenvalue weighted by Crippen LogP contribution is 2.37. The van der Waals surface area contributed by atoms with E-state index in [1.807, 2.05) is 0 Å². The Morgan fingerprint density at radius 3 is 2.94 bits per heavy atom. The van der Waals surface area contributed by atoms with Crippen LogP contribution < -0.4 is 10.6 Å². The van der Waals surface area contributed by atoms with Crippen molar-refractivity contribution in [3.05, 3.63) is 0 Å². The summed E-state index contributed by atoms with van der Waals surface area (Å²) in [5.74, 6) is 1.96. The van der Waals surface area contributed by atoms with E-state index in [-0.39, 0.29) is 18.1 Å². The zero-order valence-electron chi connectivity index (χ0n) is 10.9.